The van der Waals surface area contributed by atoms with E-state index in [-0.39, 0.29) is 5.82 Å². The molecule has 3 heteroatoms. The number of rotatable bonds is 7. The molecule has 0 aromatic heterocycles. The first-order valence-corrected chi connectivity index (χ1v) is 9.56. The van der Waals surface area contributed by atoms with Gasteiger partial charge in [0.2, 0.25) is 0 Å². The van der Waals surface area contributed by atoms with Crippen LogP contribution in [0.25, 0.3) is 0 Å². The van der Waals surface area contributed by atoms with Gasteiger partial charge >= 0.3 is 0 Å². The van der Waals surface area contributed by atoms with E-state index in [1.165, 1.54) is 44.1 Å². The first kappa shape index (κ1) is 16.8. The summed E-state index contributed by atoms with van der Waals surface area (Å²) in [6, 6.07) is 8.05. The average Bonchev–Trinajstić information content (AvgIpc) is 2.53. The van der Waals surface area contributed by atoms with Crippen molar-refractivity contribution in [3.63, 3.8) is 0 Å². The molecule has 1 aromatic rings. The van der Waals surface area contributed by atoms with Gasteiger partial charge in [0.1, 0.15) is 5.82 Å². The minimum absolute atomic E-state index is 0.145. The molecule has 0 radical (unpaired) electrons. The summed E-state index contributed by atoms with van der Waals surface area (Å²) in [6.07, 6.45) is 11.0. The molecule has 1 fully saturated rings. The lowest BCUT2D eigenvalue weighted by Crippen LogP contribution is -2.36. The minimum atomic E-state index is -0.145. The van der Waals surface area contributed by atoms with Crippen molar-refractivity contribution >= 4 is 11.8 Å². The van der Waals surface area contributed by atoms with Crippen LogP contribution in [0.5, 0.6) is 0 Å². The van der Waals surface area contributed by atoms with E-state index in [1.54, 1.807) is 12.1 Å². The first-order valence-electron chi connectivity index (χ1n) is 8.27. The minimum Gasteiger partial charge on any atom is -0.307 e. The monoisotopic (exact) mass is 309 g/mol. The Morgan fingerprint density at radius 2 is 1.86 bits per heavy atom. The molecule has 0 spiro atoms. The Labute approximate surface area is 133 Å². The second-order valence-electron chi connectivity index (χ2n) is 6.12. The maximum Gasteiger partial charge on any atom is 0.123 e. The fourth-order valence-electron chi connectivity index (χ4n) is 3.20. The van der Waals surface area contributed by atoms with Crippen molar-refractivity contribution in [1.82, 2.24) is 5.32 Å². The second kappa shape index (κ2) is 8.79. The fraction of sp³-hybridized carbons (Fsp3) is 0.667. The predicted molar refractivity (Wildman–Crippen MR) is 91.4 cm³/mol. The number of hydrogen-bond acceptors (Lipinski definition) is 2. The first-order chi connectivity index (χ1) is 10.2. The summed E-state index contributed by atoms with van der Waals surface area (Å²) >= 11 is 2.01. The van der Waals surface area contributed by atoms with E-state index in [9.17, 15) is 4.39 Å². The van der Waals surface area contributed by atoms with Crippen LogP contribution in [0, 0.1) is 5.82 Å². The molecule has 1 aromatic carbocycles. The van der Waals surface area contributed by atoms with Gasteiger partial charge in [0, 0.05) is 17.3 Å². The number of halogens is 1. The molecule has 2 rings (SSSR count). The van der Waals surface area contributed by atoms with Gasteiger partial charge in [-0.25, -0.2) is 4.39 Å². The number of unbranched alkanes of at least 4 members (excludes halogenated alkanes) is 1. The predicted octanol–water partition coefficient (Wildman–Crippen LogP) is 5.32. The molecule has 1 aliphatic rings. The summed E-state index contributed by atoms with van der Waals surface area (Å²) < 4.78 is 13.1. The van der Waals surface area contributed by atoms with Crippen LogP contribution in [0.15, 0.2) is 24.3 Å². The van der Waals surface area contributed by atoms with Crippen molar-refractivity contribution in [3.05, 3.63) is 35.6 Å². The van der Waals surface area contributed by atoms with E-state index >= 15 is 0 Å². The summed E-state index contributed by atoms with van der Waals surface area (Å²) in [7, 11) is 0. The van der Waals surface area contributed by atoms with Crippen LogP contribution in [0.4, 0.5) is 4.39 Å². The lowest BCUT2D eigenvalue weighted by molar-refractivity contribution is 0.331. The molecule has 0 heterocycles. The standard InChI is InChI=1S/C18H28FNS/c1-3-4-5-18(14-6-8-15(19)9-7-14)20-16-10-12-17(21-2)13-11-16/h6-9,16-18,20H,3-5,10-13H2,1-2H3. The van der Waals surface area contributed by atoms with Gasteiger partial charge in [0.05, 0.1) is 0 Å². The maximum absolute atomic E-state index is 13.1. The Bertz CT molecular complexity index is 398. The Morgan fingerprint density at radius 1 is 1.19 bits per heavy atom. The number of nitrogens with one attached hydrogen (secondary N) is 1. The third-order valence-corrected chi connectivity index (χ3v) is 5.70. The maximum atomic E-state index is 13.1. The normalized spacial score (nSPS) is 24.0. The lowest BCUT2D eigenvalue weighted by atomic mass is 9.92. The highest BCUT2D eigenvalue weighted by Gasteiger charge is 2.23. The van der Waals surface area contributed by atoms with Gasteiger partial charge in [-0.05, 0) is 56.1 Å². The molecule has 21 heavy (non-hydrogen) atoms. The van der Waals surface area contributed by atoms with Crippen molar-refractivity contribution in [2.45, 2.75) is 69.2 Å². The smallest absolute Gasteiger partial charge is 0.123 e. The third-order valence-electron chi connectivity index (χ3n) is 4.56. The molecule has 118 valence electrons. The summed E-state index contributed by atoms with van der Waals surface area (Å²) in [6.45, 7) is 2.23. The Hall–Kier alpha value is -0.540. The number of thioether (sulfide) groups is 1. The van der Waals surface area contributed by atoms with Crippen molar-refractivity contribution in [2.75, 3.05) is 6.26 Å². The van der Waals surface area contributed by atoms with Gasteiger partial charge in [0.15, 0.2) is 0 Å². The van der Waals surface area contributed by atoms with E-state index in [2.05, 4.69) is 18.5 Å². The van der Waals surface area contributed by atoms with Crippen LogP contribution in [-0.2, 0) is 0 Å². The van der Waals surface area contributed by atoms with Crippen molar-refractivity contribution in [2.24, 2.45) is 0 Å². The van der Waals surface area contributed by atoms with Crippen LogP contribution in [0.2, 0.25) is 0 Å². The van der Waals surface area contributed by atoms with Gasteiger partial charge in [-0.3, -0.25) is 0 Å². The molecule has 0 bridgehead atoms. The van der Waals surface area contributed by atoms with E-state index in [0.717, 1.165) is 11.7 Å². The van der Waals surface area contributed by atoms with Crippen molar-refractivity contribution < 1.29 is 4.39 Å². The van der Waals surface area contributed by atoms with Crippen LogP contribution in [-0.4, -0.2) is 17.5 Å². The molecule has 0 aliphatic heterocycles. The number of hydrogen-bond donors (Lipinski definition) is 1. The van der Waals surface area contributed by atoms with Gasteiger partial charge in [-0.2, -0.15) is 11.8 Å². The summed E-state index contributed by atoms with van der Waals surface area (Å²) in [4.78, 5) is 0. The van der Waals surface area contributed by atoms with Crippen LogP contribution in [0.1, 0.15) is 63.5 Å². The molecule has 1 nitrogen and oxygen atoms in total. The molecule has 1 N–H and O–H groups in total. The van der Waals surface area contributed by atoms with E-state index in [4.69, 9.17) is 0 Å². The largest absolute Gasteiger partial charge is 0.307 e. The zero-order chi connectivity index (χ0) is 15.1. The molecule has 1 aliphatic carbocycles. The van der Waals surface area contributed by atoms with E-state index in [0.29, 0.717) is 12.1 Å². The summed E-state index contributed by atoms with van der Waals surface area (Å²) in [5.41, 5.74) is 1.23. The van der Waals surface area contributed by atoms with Crippen LogP contribution >= 0.6 is 11.8 Å². The third kappa shape index (κ3) is 5.30. The van der Waals surface area contributed by atoms with Crippen molar-refractivity contribution in [3.8, 4) is 0 Å². The fourth-order valence-corrected chi connectivity index (χ4v) is 3.94. The Morgan fingerprint density at radius 3 is 2.43 bits per heavy atom. The quantitative estimate of drug-likeness (QED) is 0.731. The molecular formula is C18H28FNS. The molecule has 1 saturated carbocycles. The SMILES string of the molecule is CCCCC(NC1CCC(SC)CC1)c1ccc(F)cc1. The van der Waals surface area contributed by atoms with E-state index < -0.39 is 0 Å². The van der Waals surface area contributed by atoms with Gasteiger partial charge in [0.25, 0.3) is 0 Å². The van der Waals surface area contributed by atoms with Gasteiger partial charge in [-0.15, -0.1) is 0 Å². The Kier molecular flexibility index (Phi) is 7.05. The second-order valence-corrected chi connectivity index (χ2v) is 7.26. The highest BCUT2D eigenvalue weighted by Crippen LogP contribution is 2.29. The molecule has 1 unspecified atom stereocenters. The number of benzene rings is 1. The van der Waals surface area contributed by atoms with Gasteiger partial charge < -0.3 is 5.32 Å². The van der Waals surface area contributed by atoms with Gasteiger partial charge in [-0.1, -0.05) is 31.9 Å². The zero-order valence-corrected chi connectivity index (χ0v) is 14.1. The topological polar surface area (TPSA) is 12.0 Å². The molecular weight excluding hydrogens is 281 g/mol. The molecule has 1 atom stereocenters. The van der Waals surface area contributed by atoms with Crippen LogP contribution < -0.4 is 5.32 Å². The van der Waals surface area contributed by atoms with E-state index in [1.807, 2.05) is 23.9 Å². The molecule has 0 amide bonds. The Balaban J connectivity index is 1.95. The summed E-state index contributed by atoms with van der Waals surface area (Å²) in [5, 5.41) is 4.69. The lowest BCUT2D eigenvalue weighted by Gasteiger charge is -2.32. The van der Waals surface area contributed by atoms with Crippen molar-refractivity contribution in [1.29, 1.82) is 0 Å². The highest BCUT2D eigenvalue weighted by molar-refractivity contribution is 7.99. The average molecular weight is 309 g/mol. The van der Waals surface area contributed by atoms with Crippen LogP contribution in [0.3, 0.4) is 0 Å². The molecule has 0 saturated heterocycles. The summed E-state index contributed by atoms with van der Waals surface area (Å²) in [5.74, 6) is -0.145. The zero-order valence-electron chi connectivity index (χ0n) is 13.3. The highest BCUT2D eigenvalue weighted by atomic mass is 32.2.